The Bertz CT molecular complexity index is 1160. The van der Waals surface area contributed by atoms with Crippen molar-refractivity contribution in [3.8, 4) is 5.69 Å². The highest BCUT2D eigenvalue weighted by Gasteiger charge is 2.41. The van der Waals surface area contributed by atoms with E-state index in [0.29, 0.717) is 24.5 Å². The van der Waals surface area contributed by atoms with Crippen molar-refractivity contribution in [3.05, 3.63) is 82.9 Å². The third kappa shape index (κ3) is 4.71. The summed E-state index contributed by atoms with van der Waals surface area (Å²) in [6.07, 6.45) is 3.86. The molecule has 2 atom stereocenters. The van der Waals surface area contributed by atoms with E-state index in [1.807, 2.05) is 24.4 Å². The van der Waals surface area contributed by atoms with Crippen LogP contribution < -0.4 is 5.32 Å². The van der Waals surface area contributed by atoms with Crippen molar-refractivity contribution in [1.82, 2.24) is 19.8 Å². The number of carbonyl (C=O) groups is 1. The van der Waals surface area contributed by atoms with Gasteiger partial charge in [-0.05, 0) is 80.4 Å². The number of pyridine rings is 1. The molecule has 2 aromatic heterocycles. The Morgan fingerprint density at radius 2 is 1.94 bits per heavy atom. The molecule has 1 saturated heterocycles. The molecule has 3 heterocycles. The molecule has 1 N–H and O–H groups in total. The first-order chi connectivity index (χ1) is 16.4. The Labute approximate surface area is 207 Å². The predicted octanol–water partition coefficient (Wildman–Crippen LogP) is 4.98. The second kappa shape index (κ2) is 10.4. The number of ether oxygens (including phenoxy) is 1. The minimum atomic E-state index is -0.204. The van der Waals surface area contributed by atoms with Crippen LogP contribution in [0.1, 0.15) is 60.1 Å². The normalized spacial score (nSPS) is 17.6. The van der Waals surface area contributed by atoms with Gasteiger partial charge in [0.05, 0.1) is 24.9 Å². The number of hydrogen-bond acceptors (Lipinski definition) is 4. The number of nitrogens with zero attached hydrogens (tertiary/aromatic N) is 3. The van der Waals surface area contributed by atoms with Gasteiger partial charge in [-0.15, -0.1) is 0 Å². The largest absolute Gasteiger partial charge is 0.469 e. The zero-order valence-corrected chi connectivity index (χ0v) is 21.1. The number of carbonyl (C=O) groups excluding carboxylic acids is 1. The van der Waals surface area contributed by atoms with Crippen LogP contribution in [0.25, 0.3) is 5.69 Å². The summed E-state index contributed by atoms with van der Waals surface area (Å²) in [5.41, 5.74) is 6.98. The number of thiocarbonyl (C=S) groups is 1. The molecule has 1 aromatic carbocycles. The molecular formula is C27H32N4O2S. The maximum absolute atomic E-state index is 11.7. The maximum atomic E-state index is 11.7. The third-order valence-corrected chi connectivity index (χ3v) is 6.95. The number of nitrogens with one attached hydrogen (secondary N) is 1. The van der Waals surface area contributed by atoms with Gasteiger partial charge in [-0.1, -0.05) is 25.1 Å². The smallest absolute Gasteiger partial charge is 0.305 e. The molecule has 0 amide bonds. The van der Waals surface area contributed by atoms with Gasteiger partial charge in [0.15, 0.2) is 5.11 Å². The van der Waals surface area contributed by atoms with Crippen LogP contribution in [0.5, 0.6) is 0 Å². The highest BCUT2D eigenvalue weighted by Crippen LogP contribution is 2.41. The first kappa shape index (κ1) is 24.0. The van der Waals surface area contributed by atoms with E-state index in [0.717, 1.165) is 17.8 Å². The van der Waals surface area contributed by atoms with E-state index in [2.05, 4.69) is 70.9 Å². The maximum Gasteiger partial charge on any atom is 0.305 e. The number of rotatable bonds is 8. The van der Waals surface area contributed by atoms with Gasteiger partial charge in [-0.2, -0.15) is 0 Å². The lowest BCUT2D eigenvalue weighted by molar-refractivity contribution is -0.140. The summed E-state index contributed by atoms with van der Waals surface area (Å²) < 4.78 is 7.13. The van der Waals surface area contributed by atoms with Crippen molar-refractivity contribution in [2.45, 2.75) is 52.1 Å². The van der Waals surface area contributed by atoms with E-state index in [-0.39, 0.29) is 18.1 Å². The Morgan fingerprint density at radius 3 is 2.59 bits per heavy atom. The lowest BCUT2D eigenvalue weighted by Gasteiger charge is -2.28. The molecule has 34 heavy (non-hydrogen) atoms. The molecule has 2 unspecified atom stereocenters. The van der Waals surface area contributed by atoms with Crippen molar-refractivity contribution < 1.29 is 9.53 Å². The number of aryl methyl sites for hydroxylation is 2. The predicted molar refractivity (Wildman–Crippen MR) is 138 cm³/mol. The molecule has 1 aliphatic heterocycles. The second-order valence-electron chi connectivity index (χ2n) is 8.68. The molecule has 1 aliphatic rings. The van der Waals surface area contributed by atoms with Crippen LogP contribution in [0, 0.1) is 13.8 Å². The van der Waals surface area contributed by atoms with Gasteiger partial charge in [0, 0.05) is 36.2 Å². The SMILES string of the molecule is CCc1ccc(-n2c(C)cc(C3C(c4ccccn4)NC(=S)N3CCCC(=O)OC)c2C)cc1. The lowest BCUT2D eigenvalue weighted by atomic mass is 9.96. The molecule has 3 aromatic rings. The number of hydrogen-bond donors (Lipinski definition) is 1. The van der Waals surface area contributed by atoms with Crippen LogP contribution in [0.3, 0.4) is 0 Å². The molecule has 0 aliphatic carbocycles. The minimum absolute atomic E-state index is 0.0325. The minimum Gasteiger partial charge on any atom is -0.469 e. The Morgan fingerprint density at radius 1 is 1.18 bits per heavy atom. The fourth-order valence-corrected chi connectivity index (χ4v) is 5.18. The van der Waals surface area contributed by atoms with Crippen LogP contribution in [0.15, 0.2) is 54.7 Å². The summed E-state index contributed by atoms with van der Waals surface area (Å²) in [6, 6.07) is 16.9. The fraction of sp³-hybridized carbons (Fsp3) is 0.370. The van der Waals surface area contributed by atoms with Crippen LogP contribution in [0.4, 0.5) is 0 Å². The van der Waals surface area contributed by atoms with Gasteiger partial charge < -0.3 is 19.5 Å². The Balaban J connectivity index is 1.73. The standard InChI is InChI=1S/C27H32N4O2S/c1-5-20-11-13-21(14-12-20)31-18(2)17-22(19(31)3)26-25(23-9-6-7-15-28-23)29-27(34)30(26)16-8-10-24(32)33-4/h6-7,9,11-15,17,25-26H,5,8,10,16H2,1-4H3,(H,29,34). The molecule has 178 valence electrons. The Hall–Kier alpha value is -3.19. The highest BCUT2D eigenvalue weighted by atomic mass is 32.1. The summed E-state index contributed by atoms with van der Waals surface area (Å²) in [4.78, 5) is 18.5. The second-order valence-corrected chi connectivity index (χ2v) is 9.07. The van der Waals surface area contributed by atoms with Crippen molar-refractivity contribution in [1.29, 1.82) is 0 Å². The van der Waals surface area contributed by atoms with Gasteiger partial charge in [0.1, 0.15) is 0 Å². The number of aromatic nitrogens is 2. The summed E-state index contributed by atoms with van der Waals surface area (Å²) >= 11 is 5.77. The monoisotopic (exact) mass is 476 g/mol. The van der Waals surface area contributed by atoms with E-state index in [1.54, 1.807) is 0 Å². The van der Waals surface area contributed by atoms with Gasteiger partial charge in [-0.25, -0.2) is 0 Å². The van der Waals surface area contributed by atoms with Crippen LogP contribution in [-0.4, -0.2) is 39.2 Å². The van der Waals surface area contributed by atoms with Crippen LogP contribution in [0.2, 0.25) is 0 Å². The summed E-state index contributed by atoms with van der Waals surface area (Å²) in [7, 11) is 1.42. The summed E-state index contributed by atoms with van der Waals surface area (Å²) in [6.45, 7) is 7.13. The molecule has 4 rings (SSSR count). The highest BCUT2D eigenvalue weighted by molar-refractivity contribution is 7.80. The van der Waals surface area contributed by atoms with E-state index in [4.69, 9.17) is 17.0 Å². The van der Waals surface area contributed by atoms with E-state index in [1.165, 1.54) is 29.6 Å². The fourth-order valence-electron chi connectivity index (χ4n) is 4.85. The van der Waals surface area contributed by atoms with Crippen molar-refractivity contribution in [2.24, 2.45) is 0 Å². The third-order valence-electron chi connectivity index (χ3n) is 6.60. The van der Waals surface area contributed by atoms with Gasteiger partial charge in [0.25, 0.3) is 0 Å². The first-order valence-electron chi connectivity index (χ1n) is 11.8. The molecule has 6 nitrogen and oxygen atoms in total. The molecule has 0 spiro atoms. The van der Waals surface area contributed by atoms with Crippen molar-refractivity contribution in [2.75, 3.05) is 13.7 Å². The zero-order valence-electron chi connectivity index (χ0n) is 20.2. The van der Waals surface area contributed by atoms with Crippen molar-refractivity contribution >= 4 is 23.3 Å². The molecule has 1 fully saturated rings. The van der Waals surface area contributed by atoms with Crippen LogP contribution >= 0.6 is 12.2 Å². The average Bonchev–Trinajstić information content (AvgIpc) is 3.34. The average molecular weight is 477 g/mol. The molecule has 0 bridgehead atoms. The van der Waals surface area contributed by atoms with Crippen LogP contribution in [-0.2, 0) is 16.0 Å². The van der Waals surface area contributed by atoms with E-state index in [9.17, 15) is 4.79 Å². The number of methoxy groups -OCH3 is 1. The first-order valence-corrected chi connectivity index (χ1v) is 12.2. The Kier molecular flexibility index (Phi) is 7.32. The number of benzene rings is 1. The zero-order chi connectivity index (χ0) is 24.2. The van der Waals surface area contributed by atoms with Crippen molar-refractivity contribution in [3.63, 3.8) is 0 Å². The molecule has 0 saturated carbocycles. The number of esters is 1. The van der Waals surface area contributed by atoms with E-state index >= 15 is 0 Å². The topological polar surface area (TPSA) is 59.4 Å². The van der Waals surface area contributed by atoms with Gasteiger partial charge in [-0.3, -0.25) is 9.78 Å². The molecular weight excluding hydrogens is 444 g/mol. The lowest BCUT2D eigenvalue weighted by Crippen LogP contribution is -2.31. The van der Waals surface area contributed by atoms with E-state index < -0.39 is 0 Å². The van der Waals surface area contributed by atoms with Gasteiger partial charge in [0.2, 0.25) is 0 Å². The van der Waals surface area contributed by atoms with Gasteiger partial charge >= 0.3 is 5.97 Å². The summed E-state index contributed by atoms with van der Waals surface area (Å²) in [5, 5.41) is 4.18. The molecule has 7 heteroatoms. The summed E-state index contributed by atoms with van der Waals surface area (Å²) in [5.74, 6) is -0.204. The molecule has 0 radical (unpaired) electrons. The quantitative estimate of drug-likeness (QED) is 0.366.